The van der Waals surface area contributed by atoms with E-state index < -0.39 is 0 Å². The maximum atomic E-state index is 12.8. The Labute approximate surface area is 143 Å². The molecule has 1 saturated heterocycles. The summed E-state index contributed by atoms with van der Waals surface area (Å²) in [7, 11) is 0. The molecule has 1 unspecified atom stereocenters. The van der Waals surface area contributed by atoms with Crippen LogP contribution in [0.15, 0.2) is 41.4 Å². The van der Waals surface area contributed by atoms with Gasteiger partial charge in [-0.3, -0.25) is 9.52 Å². The topological polar surface area (TPSA) is 79.4 Å². The minimum absolute atomic E-state index is 0.0202. The third kappa shape index (κ3) is 3.29. The first kappa shape index (κ1) is 15.2. The van der Waals surface area contributed by atoms with Gasteiger partial charge in [-0.1, -0.05) is 6.07 Å². The fourth-order valence-electron chi connectivity index (χ4n) is 2.75. The fourth-order valence-corrected chi connectivity index (χ4v) is 3.39. The van der Waals surface area contributed by atoms with Crippen LogP contribution in [0.2, 0.25) is 0 Å². The Balaban J connectivity index is 1.73. The number of carbonyl (C=O) groups excluding carboxylic acids is 1. The third-order valence-corrected chi connectivity index (χ3v) is 4.67. The number of aromatic nitrogens is 2. The molecule has 124 valence electrons. The molecule has 1 atom stereocenters. The molecular formula is C16H17N5O2S. The molecule has 2 aromatic rings. The summed E-state index contributed by atoms with van der Waals surface area (Å²) in [6.45, 7) is 2.60. The van der Waals surface area contributed by atoms with Gasteiger partial charge in [0, 0.05) is 42.4 Å². The molecule has 2 N–H and O–H groups in total. The first-order valence-electron chi connectivity index (χ1n) is 7.80. The molecule has 24 heavy (non-hydrogen) atoms. The van der Waals surface area contributed by atoms with Crippen LogP contribution >= 0.6 is 11.9 Å². The van der Waals surface area contributed by atoms with E-state index in [4.69, 9.17) is 4.74 Å². The lowest BCUT2D eigenvalue weighted by Gasteiger charge is -2.24. The molecule has 0 aliphatic carbocycles. The number of amides is 1. The number of rotatable bonds is 0. The number of nitrogens with zero attached hydrogens (tertiary/aromatic N) is 3. The van der Waals surface area contributed by atoms with Crippen LogP contribution in [0.5, 0.6) is 5.88 Å². The molecule has 1 aromatic heterocycles. The van der Waals surface area contributed by atoms with Crippen molar-refractivity contribution in [3.8, 4) is 5.88 Å². The van der Waals surface area contributed by atoms with Crippen molar-refractivity contribution in [2.24, 2.45) is 0 Å². The Hall–Kier alpha value is -2.32. The monoisotopic (exact) mass is 343 g/mol. The van der Waals surface area contributed by atoms with Crippen molar-refractivity contribution in [1.29, 1.82) is 0 Å². The third-order valence-electron chi connectivity index (χ3n) is 3.90. The van der Waals surface area contributed by atoms with Crippen molar-refractivity contribution in [2.45, 2.75) is 11.0 Å². The molecule has 2 aliphatic rings. The van der Waals surface area contributed by atoms with E-state index in [1.54, 1.807) is 12.3 Å². The number of fused-ring (bicyclic) bond motifs is 6. The summed E-state index contributed by atoms with van der Waals surface area (Å²) in [5.41, 5.74) is 0.675. The molecule has 1 aromatic carbocycles. The highest BCUT2D eigenvalue weighted by molar-refractivity contribution is 8.00. The van der Waals surface area contributed by atoms with Gasteiger partial charge >= 0.3 is 0 Å². The zero-order valence-corrected chi connectivity index (χ0v) is 13.8. The molecule has 2 aliphatic heterocycles. The summed E-state index contributed by atoms with van der Waals surface area (Å²) in [6, 6.07) is 9.29. The molecular weight excluding hydrogens is 326 g/mol. The first-order valence-corrected chi connectivity index (χ1v) is 8.62. The lowest BCUT2D eigenvalue weighted by molar-refractivity contribution is 0.0693. The van der Waals surface area contributed by atoms with E-state index in [1.165, 1.54) is 11.9 Å². The Kier molecular flexibility index (Phi) is 4.22. The highest BCUT2D eigenvalue weighted by atomic mass is 32.2. The predicted octanol–water partition coefficient (Wildman–Crippen LogP) is 1.40. The summed E-state index contributed by atoms with van der Waals surface area (Å²) < 4.78 is 9.06. The number of anilines is 1. The van der Waals surface area contributed by atoms with Crippen LogP contribution in [0.4, 0.5) is 5.95 Å². The van der Waals surface area contributed by atoms with Crippen LogP contribution in [0.1, 0.15) is 10.4 Å². The minimum Gasteiger partial charge on any atom is -0.471 e. The molecule has 0 radical (unpaired) electrons. The van der Waals surface area contributed by atoms with E-state index in [2.05, 4.69) is 20.0 Å². The van der Waals surface area contributed by atoms with E-state index in [0.29, 0.717) is 37.0 Å². The van der Waals surface area contributed by atoms with Crippen LogP contribution in [0.25, 0.3) is 0 Å². The van der Waals surface area contributed by atoms with Gasteiger partial charge in [0.15, 0.2) is 0 Å². The Bertz CT molecular complexity index is 757. The van der Waals surface area contributed by atoms with E-state index in [1.807, 2.05) is 29.2 Å². The summed E-state index contributed by atoms with van der Waals surface area (Å²) in [4.78, 5) is 24.2. The minimum atomic E-state index is -0.157. The summed E-state index contributed by atoms with van der Waals surface area (Å²) in [6.07, 6.45) is 1.50. The number of benzene rings is 1. The average Bonchev–Trinajstić information content (AvgIpc) is 2.85. The van der Waals surface area contributed by atoms with E-state index in [9.17, 15) is 4.79 Å². The first-order chi connectivity index (χ1) is 11.8. The van der Waals surface area contributed by atoms with Gasteiger partial charge in [-0.25, -0.2) is 4.98 Å². The van der Waals surface area contributed by atoms with Crippen molar-refractivity contribution in [1.82, 2.24) is 20.2 Å². The van der Waals surface area contributed by atoms with Gasteiger partial charge in [-0.15, -0.1) is 0 Å². The maximum Gasteiger partial charge on any atom is 0.254 e. The summed E-state index contributed by atoms with van der Waals surface area (Å²) in [5, 5.41) is 3.31. The van der Waals surface area contributed by atoms with Crippen LogP contribution in [-0.2, 0) is 0 Å². The van der Waals surface area contributed by atoms with E-state index >= 15 is 0 Å². The number of ether oxygens (including phenoxy) is 1. The second-order valence-electron chi connectivity index (χ2n) is 5.65. The van der Waals surface area contributed by atoms with Crippen LogP contribution in [0.3, 0.4) is 0 Å². The molecule has 1 fully saturated rings. The van der Waals surface area contributed by atoms with E-state index in [0.717, 1.165) is 11.4 Å². The van der Waals surface area contributed by atoms with Crippen molar-refractivity contribution in [2.75, 3.05) is 30.9 Å². The van der Waals surface area contributed by atoms with Crippen LogP contribution in [0, 0.1) is 0 Å². The van der Waals surface area contributed by atoms with Gasteiger partial charge in [0.2, 0.25) is 11.8 Å². The standard InChI is InChI=1S/C16H17N5O2S/c22-15-11-2-1-3-13(8-11)24-20-16-18-5-4-14(19-16)23-12-9-17-6-7-21(15)10-12/h1-5,8,12,17H,6-7,9-10H2,(H,18,19,20). The molecule has 0 saturated carbocycles. The number of carbonyl (C=O) groups is 1. The zero-order valence-electron chi connectivity index (χ0n) is 12.9. The van der Waals surface area contributed by atoms with Crippen LogP contribution < -0.4 is 14.8 Å². The van der Waals surface area contributed by atoms with Crippen molar-refractivity contribution >= 4 is 23.8 Å². The Morgan fingerprint density at radius 1 is 1.33 bits per heavy atom. The van der Waals surface area contributed by atoms with Gasteiger partial charge in [-0.05, 0) is 30.1 Å². The highest BCUT2D eigenvalue weighted by Gasteiger charge is 2.25. The number of hydrogen-bond donors (Lipinski definition) is 2. The molecule has 8 heteroatoms. The maximum absolute atomic E-state index is 12.8. The molecule has 7 nitrogen and oxygen atoms in total. The Morgan fingerprint density at radius 2 is 2.29 bits per heavy atom. The summed E-state index contributed by atoms with van der Waals surface area (Å²) in [5.74, 6) is 0.999. The lowest BCUT2D eigenvalue weighted by atomic mass is 10.2. The quantitative estimate of drug-likeness (QED) is 0.700. The smallest absolute Gasteiger partial charge is 0.254 e. The highest BCUT2D eigenvalue weighted by Crippen LogP contribution is 2.23. The summed E-state index contributed by atoms with van der Waals surface area (Å²) >= 11 is 1.37. The molecule has 4 rings (SSSR count). The van der Waals surface area contributed by atoms with Crippen LogP contribution in [-0.4, -0.2) is 53.1 Å². The normalized spacial score (nSPS) is 20.6. The second kappa shape index (κ2) is 6.66. The predicted molar refractivity (Wildman–Crippen MR) is 91.1 cm³/mol. The van der Waals surface area contributed by atoms with Gasteiger partial charge in [0.25, 0.3) is 5.91 Å². The number of hydrogen-bond acceptors (Lipinski definition) is 7. The largest absolute Gasteiger partial charge is 0.471 e. The molecule has 6 bridgehead atoms. The number of nitrogens with one attached hydrogen (secondary N) is 2. The Morgan fingerprint density at radius 3 is 3.25 bits per heavy atom. The van der Waals surface area contributed by atoms with Gasteiger partial charge in [0.05, 0.1) is 6.54 Å². The van der Waals surface area contributed by atoms with Crippen molar-refractivity contribution < 1.29 is 9.53 Å². The van der Waals surface area contributed by atoms with Crippen molar-refractivity contribution in [3.05, 3.63) is 42.1 Å². The molecule has 0 spiro atoms. The van der Waals surface area contributed by atoms with Gasteiger partial charge in [-0.2, -0.15) is 4.98 Å². The average molecular weight is 343 g/mol. The lowest BCUT2D eigenvalue weighted by Crippen LogP contribution is -2.40. The van der Waals surface area contributed by atoms with Crippen molar-refractivity contribution in [3.63, 3.8) is 0 Å². The fraction of sp³-hybridized carbons (Fsp3) is 0.312. The second-order valence-corrected chi connectivity index (χ2v) is 6.53. The molecule has 3 heterocycles. The van der Waals surface area contributed by atoms with Gasteiger partial charge in [0.1, 0.15) is 6.10 Å². The van der Waals surface area contributed by atoms with E-state index in [-0.39, 0.29) is 12.0 Å². The molecule has 1 amide bonds. The SMILES string of the molecule is O=C1c2cccc(c2)SNc2nccc(n2)OC2CNCCN1C2. The zero-order chi connectivity index (χ0) is 16.4. The van der Waals surface area contributed by atoms with Gasteiger partial charge < -0.3 is 15.0 Å².